The molecule has 14 aromatic carbocycles. The van der Waals surface area contributed by atoms with Crippen molar-refractivity contribution in [3.8, 4) is 34.1 Å². The molecule has 570 valence electrons. The Morgan fingerprint density at radius 2 is 0.500 bits per heavy atom. The summed E-state index contributed by atoms with van der Waals surface area (Å²) in [5.74, 6) is 2.71. The monoisotopic (exact) mass is 1760 g/mol. The quantitative estimate of drug-likeness (QED) is 0.0631. The van der Waals surface area contributed by atoms with Crippen LogP contribution in [0.25, 0.3) is 11.1 Å². The molecular weight excluding hydrogens is 1680 g/mol. The summed E-state index contributed by atoms with van der Waals surface area (Å²) >= 11 is 14.8. The van der Waals surface area contributed by atoms with Gasteiger partial charge in [0.25, 0.3) is 0 Å². The molecular formula is C97H82BBrCl2N2O6P4Pd. The Kier molecular flexibility index (Phi) is 35.6. The van der Waals surface area contributed by atoms with E-state index < -0.39 is 38.8 Å². The van der Waals surface area contributed by atoms with Crippen LogP contribution < -0.4 is 88.1 Å². The predicted octanol–water partition coefficient (Wildman–Crippen LogP) is 19.1. The Morgan fingerprint density at radius 1 is 0.272 bits per heavy atom. The molecule has 0 unspecified atom stereocenters. The summed E-state index contributed by atoms with van der Waals surface area (Å²) < 4.78 is 21.5. The topological polar surface area (TPSA) is 103 Å². The summed E-state index contributed by atoms with van der Waals surface area (Å²) in [5, 5.41) is 35.4. The van der Waals surface area contributed by atoms with Crippen molar-refractivity contribution in [1.82, 2.24) is 9.97 Å². The summed E-state index contributed by atoms with van der Waals surface area (Å²) in [7, 11) is -3.24. The number of hydrogen-bond acceptors (Lipinski definition) is 8. The van der Waals surface area contributed by atoms with Crippen molar-refractivity contribution in [3.63, 3.8) is 0 Å². The average molecular weight is 1760 g/mol. The number of hydrogen-bond donors (Lipinski definition) is 2. The van der Waals surface area contributed by atoms with E-state index in [-0.39, 0.29) is 41.4 Å². The summed E-state index contributed by atoms with van der Waals surface area (Å²) in [6.45, 7) is 0.472. The smallest absolute Gasteiger partial charge is 0.454 e. The summed E-state index contributed by atoms with van der Waals surface area (Å²) in [6, 6.07) is 147. The van der Waals surface area contributed by atoms with Crippen LogP contribution in [0, 0.1) is 0 Å². The normalized spacial score (nSPS) is 10.9. The van der Waals surface area contributed by atoms with E-state index in [1.807, 2.05) is 42.5 Å². The minimum absolute atomic E-state index is 0. The van der Waals surface area contributed by atoms with Crippen LogP contribution in [0.5, 0.6) is 23.0 Å². The SMILES string of the molecule is C.Clc1ncccc1-c1ccc2c(c1)OCO2.Clc1ncccc1Br.OB(O)c1ccc2c(c1)OCO2.[Pd].c1ccc(P(c2ccccc2)c2ccccc2)cc1.c1ccc(P(c2ccccc2)c2ccccc2)cc1.c1ccc(P(c2ccccc2)c2ccccc2)cc1.c1ccc(P(c2ccccc2)c2ccccc2)cc1. The van der Waals surface area contributed by atoms with Gasteiger partial charge in [0.1, 0.15) is 10.3 Å². The van der Waals surface area contributed by atoms with E-state index in [1.54, 1.807) is 30.6 Å². The van der Waals surface area contributed by atoms with Gasteiger partial charge in [-0.15, -0.1) is 0 Å². The molecule has 0 saturated heterocycles. The average Bonchev–Trinajstić information content (AvgIpc) is 1.10. The Hall–Kier alpha value is -9.99. The fourth-order valence-corrected chi connectivity index (χ4v) is 21.6. The van der Waals surface area contributed by atoms with Crippen LogP contribution >= 0.6 is 70.8 Å². The van der Waals surface area contributed by atoms with Crippen LogP contribution in [0.4, 0.5) is 0 Å². The van der Waals surface area contributed by atoms with Gasteiger partial charge in [-0.25, -0.2) is 9.97 Å². The first kappa shape index (κ1) is 86.4. The first-order chi connectivity index (χ1) is 55.2. The van der Waals surface area contributed by atoms with Gasteiger partial charge in [-0.05, 0) is 171 Å². The molecule has 0 spiro atoms. The maximum atomic E-state index is 8.81. The molecule has 0 saturated carbocycles. The summed E-state index contributed by atoms with van der Waals surface area (Å²) in [4.78, 5) is 7.84. The first-order valence-corrected chi connectivity index (χ1v) is 43.0. The van der Waals surface area contributed by atoms with Gasteiger partial charge in [0.05, 0.1) is 4.47 Å². The van der Waals surface area contributed by atoms with E-state index in [9.17, 15) is 0 Å². The van der Waals surface area contributed by atoms with Crippen molar-refractivity contribution in [2.24, 2.45) is 0 Å². The number of pyridine rings is 2. The minimum atomic E-state index is -1.46. The molecule has 2 aromatic heterocycles. The molecule has 0 radical (unpaired) electrons. The van der Waals surface area contributed by atoms with E-state index in [4.69, 9.17) is 52.2 Å². The van der Waals surface area contributed by atoms with Gasteiger partial charge < -0.3 is 29.0 Å². The molecule has 0 fully saturated rings. The van der Waals surface area contributed by atoms with Gasteiger partial charge >= 0.3 is 7.12 Å². The molecule has 2 aliphatic heterocycles. The molecule has 2 aliphatic rings. The van der Waals surface area contributed by atoms with Gasteiger partial charge in [-0.2, -0.15) is 0 Å². The predicted molar refractivity (Wildman–Crippen MR) is 487 cm³/mol. The number of rotatable bonds is 14. The summed E-state index contributed by atoms with van der Waals surface area (Å²) in [6.07, 6.45) is 3.31. The van der Waals surface area contributed by atoms with Crippen molar-refractivity contribution in [1.29, 1.82) is 0 Å². The number of halogens is 3. The van der Waals surface area contributed by atoms with Gasteiger partial charge in [-0.1, -0.05) is 407 Å². The van der Waals surface area contributed by atoms with Crippen molar-refractivity contribution in [2.45, 2.75) is 7.43 Å². The number of fused-ring (bicyclic) bond motifs is 2. The molecule has 8 nitrogen and oxygen atoms in total. The number of aromatic nitrogens is 2. The van der Waals surface area contributed by atoms with Crippen LogP contribution in [0.3, 0.4) is 0 Å². The fourth-order valence-electron chi connectivity index (χ4n) is 11.8. The zero-order valence-electron chi connectivity index (χ0n) is 61.2. The second kappa shape index (κ2) is 47.0. The molecule has 2 N–H and O–H groups in total. The third kappa shape index (κ3) is 25.5. The Morgan fingerprint density at radius 3 is 0.728 bits per heavy atom. The Balaban J connectivity index is 0.000000142. The molecule has 0 amide bonds. The van der Waals surface area contributed by atoms with Crippen molar-refractivity contribution < 1.29 is 49.4 Å². The van der Waals surface area contributed by atoms with E-state index in [0.29, 0.717) is 27.3 Å². The number of ether oxygens (including phenoxy) is 4. The third-order valence-corrected chi connectivity index (χ3v) is 28.3. The molecule has 0 atom stereocenters. The van der Waals surface area contributed by atoms with Gasteiger partial charge in [-0.3, -0.25) is 0 Å². The van der Waals surface area contributed by atoms with Crippen LogP contribution in [-0.2, 0) is 20.4 Å². The van der Waals surface area contributed by atoms with Crippen molar-refractivity contribution >= 4 is 147 Å². The van der Waals surface area contributed by atoms with Crippen molar-refractivity contribution in [2.75, 3.05) is 13.6 Å². The minimum Gasteiger partial charge on any atom is -0.454 e. The van der Waals surface area contributed by atoms with Gasteiger partial charge in [0.2, 0.25) is 13.6 Å². The first-order valence-electron chi connectivity index (χ1n) is 36.1. The number of nitrogens with zero attached hydrogens (tertiary/aromatic N) is 2. The molecule has 4 heterocycles. The second-order valence-electron chi connectivity index (χ2n) is 24.5. The number of benzene rings is 14. The Labute approximate surface area is 707 Å². The van der Waals surface area contributed by atoms with E-state index in [0.717, 1.165) is 27.1 Å². The molecule has 0 bridgehead atoms. The maximum Gasteiger partial charge on any atom is 0.488 e. The van der Waals surface area contributed by atoms with Gasteiger partial charge in [0.15, 0.2) is 23.0 Å². The molecule has 16 aromatic rings. The van der Waals surface area contributed by atoms with Gasteiger partial charge in [0, 0.05) is 38.4 Å². The zero-order chi connectivity index (χ0) is 77.2. The molecule has 114 heavy (non-hydrogen) atoms. The van der Waals surface area contributed by atoms with Crippen molar-refractivity contribution in [3.05, 3.63) is 452 Å². The Bertz CT molecular complexity index is 4530. The maximum absolute atomic E-state index is 8.81. The van der Waals surface area contributed by atoms with Crippen LogP contribution in [0.15, 0.2) is 442 Å². The fraction of sp³-hybridized carbons (Fsp3) is 0.0309. The second-order valence-corrected chi connectivity index (χ2v) is 35.0. The van der Waals surface area contributed by atoms with E-state index in [1.165, 1.54) is 63.7 Å². The zero-order valence-corrected chi connectivity index (χ0v) is 69.5. The molecule has 17 heteroatoms. The standard InChI is InChI=1S/4C18H15P.C12H8ClNO2.C7H7BO4.C5H3BrClN.CH4.Pd/c4*1-4-10-16(11-5-1)19(17-12-6-2-7-13-17)18-14-8-3-9-15-18;13-12-9(2-1-5-14-12)8-3-4-10-11(6-8)16-7-15-10;9-8(10)5-1-2-6-7(3-5)12-4-11-6;6-4-2-1-3-8-5(4)7;;/h4*1-15H;1-6H,7H2;1-3,9-10H,4H2;1-3H;1H4;. The largest absolute Gasteiger partial charge is 0.488 e. The third-order valence-electron chi connectivity index (χ3n) is 17.0. The van der Waals surface area contributed by atoms with Crippen LogP contribution in [-0.4, -0.2) is 40.7 Å². The van der Waals surface area contributed by atoms with Crippen LogP contribution in [0.2, 0.25) is 10.3 Å². The van der Waals surface area contributed by atoms with Crippen LogP contribution in [0.1, 0.15) is 7.43 Å². The van der Waals surface area contributed by atoms with E-state index in [2.05, 4.69) is 390 Å². The molecule has 0 aliphatic carbocycles. The molecule has 18 rings (SSSR count). The van der Waals surface area contributed by atoms with E-state index >= 15 is 0 Å². The summed E-state index contributed by atoms with van der Waals surface area (Å²) in [5.41, 5.74) is 2.27.